The minimum absolute atomic E-state index is 0.436. The van der Waals surface area contributed by atoms with Crippen LogP contribution in [-0.2, 0) is 0 Å². The summed E-state index contributed by atoms with van der Waals surface area (Å²) >= 11 is 0. The van der Waals surface area contributed by atoms with Crippen LogP contribution in [0.15, 0.2) is 18.3 Å². The lowest BCUT2D eigenvalue weighted by atomic mass is 10.1. The molecule has 0 saturated carbocycles. The maximum Gasteiger partial charge on any atom is 0.128 e. The third-order valence-corrected chi connectivity index (χ3v) is 3.77. The van der Waals surface area contributed by atoms with Crippen molar-refractivity contribution in [1.29, 1.82) is 0 Å². The van der Waals surface area contributed by atoms with Gasteiger partial charge < -0.3 is 10.0 Å². The molecule has 2 heterocycles. The molecule has 94 valence electrons. The monoisotopic (exact) mass is 234 g/mol. The van der Waals surface area contributed by atoms with Gasteiger partial charge >= 0.3 is 0 Å². The molecule has 1 aliphatic heterocycles. The van der Waals surface area contributed by atoms with Crippen molar-refractivity contribution in [2.75, 3.05) is 4.90 Å². The second-order valence-electron chi connectivity index (χ2n) is 5.02. The molecule has 3 atom stereocenters. The lowest BCUT2D eigenvalue weighted by Crippen LogP contribution is -2.34. The summed E-state index contributed by atoms with van der Waals surface area (Å²) in [6.07, 6.45) is 5.03. The van der Waals surface area contributed by atoms with Gasteiger partial charge in [0.15, 0.2) is 0 Å². The van der Waals surface area contributed by atoms with Crippen molar-refractivity contribution in [3.8, 4) is 0 Å². The van der Waals surface area contributed by atoms with E-state index in [1.165, 1.54) is 19.3 Å². The summed E-state index contributed by atoms with van der Waals surface area (Å²) in [5.41, 5.74) is 0.883. The van der Waals surface area contributed by atoms with E-state index in [4.69, 9.17) is 0 Å². The minimum Gasteiger partial charge on any atom is -0.389 e. The van der Waals surface area contributed by atoms with Gasteiger partial charge in [0, 0.05) is 18.3 Å². The van der Waals surface area contributed by atoms with E-state index < -0.39 is 6.10 Å². The van der Waals surface area contributed by atoms with Crippen LogP contribution in [0.25, 0.3) is 0 Å². The highest BCUT2D eigenvalue weighted by atomic mass is 16.3. The Hall–Kier alpha value is -1.09. The fraction of sp³-hybridized carbons (Fsp3) is 0.643. The van der Waals surface area contributed by atoms with Crippen LogP contribution in [0.1, 0.15) is 51.7 Å². The zero-order chi connectivity index (χ0) is 12.4. The number of aliphatic hydroxyl groups is 1. The van der Waals surface area contributed by atoms with Crippen LogP contribution in [0.3, 0.4) is 0 Å². The van der Waals surface area contributed by atoms with Crippen molar-refractivity contribution in [3.63, 3.8) is 0 Å². The molecule has 2 rings (SSSR count). The van der Waals surface area contributed by atoms with E-state index in [9.17, 15) is 5.11 Å². The van der Waals surface area contributed by atoms with Crippen molar-refractivity contribution in [2.24, 2.45) is 0 Å². The third kappa shape index (κ3) is 2.44. The predicted molar refractivity (Wildman–Crippen MR) is 70.1 cm³/mol. The van der Waals surface area contributed by atoms with Gasteiger partial charge in [-0.3, -0.25) is 0 Å². The van der Waals surface area contributed by atoms with Gasteiger partial charge in [-0.25, -0.2) is 4.98 Å². The Morgan fingerprint density at radius 3 is 2.76 bits per heavy atom. The maximum atomic E-state index is 9.48. The molecule has 0 bridgehead atoms. The van der Waals surface area contributed by atoms with Crippen LogP contribution in [-0.4, -0.2) is 22.2 Å². The van der Waals surface area contributed by atoms with Crippen LogP contribution in [0.4, 0.5) is 5.82 Å². The van der Waals surface area contributed by atoms with Crippen LogP contribution >= 0.6 is 0 Å². The Bertz CT molecular complexity index is 361. The Morgan fingerprint density at radius 2 is 2.24 bits per heavy atom. The Kier molecular flexibility index (Phi) is 3.67. The van der Waals surface area contributed by atoms with Crippen LogP contribution < -0.4 is 4.90 Å². The number of hydrogen-bond donors (Lipinski definition) is 1. The Balaban J connectivity index is 2.21. The molecule has 1 saturated heterocycles. The summed E-state index contributed by atoms with van der Waals surface area (Å²) in [7, 11) is 0. The molecule has 1 aliphatic rings. The van der Waals surface area contributed by atoms with Crippen LogP contribution in [0.5, 0.6) is 0 Å². The van der Waals surface area contributed by atoms with Crippen LogP contribution in [0.2, 0.25) is 0 Å². The number of nitrogens with zero attached hydrogens (tertiary/aromatic N) is 2. The smallest absolute Gasteiger partial charge is 0.128 e. The molecule has 17 heavy (non-hydrogen) atoms. The van der Waals surface area contributed by atoms with Gasteiger partial charge in [0.25, 0.3) is 0 Å². The van der Waals surface area contributed by atoms with Gasteiger partial charge in [0.1, 0.15) is 5.82 Å². The topological polar surface area (TPSA) is 36.4 Å². The first-order chi connectivity index (χ1) is 8.13. The van der Waals surface area contributed by atoms with E-state index in [-0.39, 0.29) is 0 Å². The Morgan fingerprint density at radius 1 is 1.47 bits per heavy atom. The normalized spacial score (nSPS) is 26.2. The molecule has 0 aliphatic carbocycles. The molecule has 1 N–H and O–H groups in total. The highest BCUT2D eigenvalue weighted by Crippen LogP contribution is 2.30. The molecule has 1 fully saturated rings. The summed E-state index contributed by atoms with van der Waals surface area (Å²) in [5.74, 6) is 1.05. The highest BCUT2D eigenvalue weighted by molar-refractivity contribution is 5.43. The van der Waals surface area contributed by atoms with Gasteiger partial charge in [-0.2, -0.15) is 0 Å². The number of anilines is 1. The number of aliphatic hydroxyl groups excluding tert-OH is 1. The number of rotatable bonds is 3. The molecule has 3 heteroatoms. The number of hydrogen-bond acceptors (Lipinski definition) is 3. The fourth-order valence-corrected chi connectivity index (χ4v) is 2.68. The van der Waals surface area contributed by atoms with Gasteiger partial charge in [-0.15, -0.1) is 0 Å². The van der Waals surface area contributed by atoms with Crippen LogP contribution in [0, 0.1) is 0 Å². The molecular weight excluding hydrogens is 212 g/mol. The Labute approximate surface area is 103 Å². The fourth-order valence-electron chi connectivity index (χ4n) is 2.68. The third-order valence-electron chi connectivity index (χ3n) is 3.77. The summed E-state index contributed by atoms with van der Waals surface area (Å²) in [6.45, 7) is 6.27. The lowest BCUT2D eigenvalue weighted by molar-refractivity contribution is 0.199. The largest absolute Gasteiger partial charge is 0.389 e. The zero-order valence-electron chi connectivity index (χ0n) is 10.9. The van der Waals surface area contributed by atoms with E-state index in [0.717, 1.165) is 11.4 Å². The quantitative estimate of drug-likeness (QED) is 0.873. The second-order valence-corrected chi connectivity index (χ2v) is 5.02. The molecule has 0 aromatic carbocycles. The summed E-state index contributed by atoms with van der Waals surface area (Å²) in [5, 5.41) is 9.48. The summed E-state index contributed by atoms with van der Waals surface area (Å²) < 4.78 is 0. The average molecular weight is 234 g/mol. The van der Waals surface area contributed by atoms with Crippen molar-refractivity contribution in [2.45, 2.75) is 58.2 Å². The van der Waals surface area contributed by atoms with Gasteiger partial charge in [-0.05, 0) is 44.7 Å². The number of pyridine rings is 1. The maximum absolute atomic E-state index is 9.48. The SMILES string of the molecule is CCC1CCC(C)N1c1ccc([C@@H](C)O)cn1. The van der Waals surface area contributed by atoms with E-state index in [1.54, 1.807) is 13.1 Å². The standard InChI is InChI=1S/C14H22N2O/c1-4-13-7-5-10(2)16(13)14-8-6-12(9-15-14)11(3)17/h6,8-11,13,17H,4-5,7H2,1-3H3/t10?,11-,13?/m1/s1. The van der Waals surface area contributed by atoms with Crippen molar-refractivity contribution >= 4 is 5.82 Å². The average Bonchev–Trinajstić information content (AvgIpc) is 2.70. The van der Waals surface area contributed by atoms with E-state index >= 15 is 0 Å². The van der Waals surface area contributed by atoms with E-state index in [1.807, 2.05) is 12.1 Å². The molecular formula is C14H22N2O. The minimum atomic E-state index is -0.436. The summed E-state index contributed by atoms with van der Waals surface area (Å²) in [4.78, 5) is 6.92. The molecule has 0 radical (unpaired) electrons. The molecule has 0 spiro atoms. The van der Waals surface area contributed by atoms with Gasteiger partial charge in [-0.1, -0.05) is 13.0 Å². The van der Waals surface area contributed by atoms with Crippen molar-refractivity contribution in [1.82, 2.24) is 4.98 Å². The first-order valence-corrected chi connectivity index (χ1v) is 6.55. The predicted octanol–water partition coefficient (Wildman–Crippen LogP) is 2.90. The second kappa shape index (κ2) is 5.05. The molecule has 0 amide bonds. The lowest BCUT2D eigenvalue weighted by Gasteiger charge is -2.29. The molecule has 1 aromatic heterocycles. The first kappa shape index (κ1) is 12.4. The molecule has 1 aromatic rings. The molecule has 3 nitrogen and oxygen atoms in total. The number of aromatic nitrogens is 1. The highest BCUT2D eigenvalue weighted by Gasteiger charge is 2.30. The zero-order valence-corrected chi connectivity index (χ0v) is 10.9. The van der Waals surface area contributed by atoms with Crippen molar-refractivity contribution < 1.29 is 5.11 Å². The van der Waals surface area contributed by atoms with Crippen molar-refractivity contribution in [3.05, 3.63) is 23.9 Å². The summed E-state index contributed by atoms with van der Waals surface area (Å²) in [6, 6.07) is 5.21. The van der Waals surface area contributed by atoms with E-state index in [2.05, 4.69) is 23.7 Å². The first-order valence-electron chi connectivity index (χ1n) is 6.55. The van der Waals surface area contributed by atoms with Gasteiger partial charge in [0.2, 0.25) is 0 Å². The van der Waals surface area contributed by atoms with E-state index in [0.29, 0.717) is 12.1 Å². The van der Waals surface area contributed by atoms with Gasteiger partial charge in [0.05, 0.1) is 6.10 Å². The molecule has 2 unspecified atom stereocenters.